The summed E-state index contributed by atoms with van der Waals surface area (Å²) in [6.45, 7) is 8.55. The molecule has 2 aliphatic rings. The van der Waals surface area contributed by atoms with E-state index in [1.807, 2.05) is 6.07 Å². The highest BCUT2D eigenvalue weighted by Crippen LogP contribution is 2.35. The number of hydrogen-bond donors (Lipinski definition) is 2. The second kappa shape index (κ2) is 10.4. The first kappa shape index (κ1) is 25.7. The topological polar surface area (TPSA) is 100 Å². The normalized spacial score (nSPS) is 20.8. The number of rotatable bonds is 5. The number of hydrogen-bond acceptors (Lipinski definition) is 6. The standard InChI is InChI=1S/C28H34ClN5O3/c1-28(2,3)21-12-11-20-23(31-21)24(25(37-20)27(36)32-22-13-8-18(29)16-30-22)33-26(35)17-6-9-19(10-7-17)34-14-4-5-15-34/h8,11-13,16-17,19H,4-7,9-10,14-15H2,1-3H3,(H,33,35)(H,30,32,36). The van der Waals surface area contributed by atoms with Gasteiger partial charge in [0.1, 0.15) is 17.0 Å². The Kier molecular flexibility index (Phi) is 7.23. The van der Waals surface area contributed by atoms with Crippen LogP contribution in [0.3, 0.4) is 0 Å². The molecule has 2 N–H and O–H groups in total. The van der Waals surface area contributed by atoms with Gasteiger partial charge in [-0.15, -0.1) is 0 Å². The SMILES string of the molecule is CC(C)(C)c1ccc2oc(C(=O)Nc3ccc(Cl)cn3)c(NC(=O)C3CCC(N4CCCC4)CC3)c2n1. The molecular formula is C28H34ClN5O3. The van der Waals surface area contributed by atoms with E-state index < -0.39 is 5.91 Å². The molecule has 3 aromatic heterocycles. The van der Waals surface area contributed by atoms with E-state index in [9.17, 15) is 9.59 Å². The molecule has 37 heavy (non-hydrogen) atoms. The van der Waals surface area contributed by atoms with Gasteiger partial charge in [-0.05, 0) is 75.9 Å². The van der Waals surface area contributed by atoms with Crippen LogP contribution in [0.2, 0.25) is 5.02 Å². The first-order valence-corrected chi connectivity index (χ1v) is 13.5. The van der Waals surface area contributed by atoms with Crippen molar-refractivity contribution in [3.63, 3.8) is 0 Å². The van der Waals surface area contributed by atoms with E-state index in [4.69, 9.17) is 21.0 Å². The summed E-state index contributed by atoms with van der Waals surface area (Å²) < 4.78 is 5.95. The first-order chi connectivity index (χ1) is 17.7. The molecule has 0 atom stereocenters. The molecule has 0 radical (unpaired) electrons. The lowest BCUT2D eigenvalue weighted by Crippen LogP contribution is -2.38. The van der Waals surface area contributed by atoms with E-state index in [1.54, 1.807) is 18.2 Å². The Morgan fingerprint density at radius 1 is 1.03 bits per heavy atom. The molecule has 3 aromatic rings. The minimum atomic E-state index is -0.516. The van der Waals surface area contributed by atoms with Crippen LogP contribution in [0.15, 0.2) is 34.9 Å². The van der Waals surface area contributed by atoms with Crippen molar-refractivity contribution in [1.82, 2.24) is 14.9 Å². The van der Waals surface area contributed by atoms with Gasteiger partial charge in [-0.3, -0.25) is 9.59 Å². The minimum absolute atomic E-state index is 0.00409. The largest absolute Gasteiger partial charge is 0.447 e. The number of nitrogens with zero attached hydrogens (tertiary/aromatic N) is 3. The van der Waals surface area contributed by atoms with Crippen LogP contribution in [0.1, 0.15) is 75.5 Å². The third-order valence-electron chi connectivity index (χ3n) is 7.45. The Bertz CT molecular complexity index is 1280. The Labute approximate surface area is 222 Å². The highest BCUT2D eigenvalue weighted by atomic mass is 35.5. The van der Waals surface area contributed by atoms with Crippen LogP contribution < -0.4 is 10.6 Å². The summed E-state index contributed by atoms with van der Waals surface area (Å²) >= 11 is 5.92. The van der Waals surface area contributed by atoms with Crippen molar-refractivity contribution in [3.8, 4) is 0 Å². The van der Waals surface area contributed by atoms with Crippen LogP contribution in [0.4, 0.5) is 11.5 Å². The number of likely N-dealkylation sites (tertiary alicyclic amines) is 1. The maximum Gasteiger partial charge on any atom is 0.294 e. The van der Waals surface area contributed by atoms with Crippen molar-refractivity contribution in [2.75, 3.05) is 23.7 Å². The molecule has 4 heterocycles. The van der Waals surface area contributed by atoms with Crippen LogP contribution in [0.5, 0.6) is 0 Å². The van der Waals surface area contributed by atoms with Gasteiger partial charge in [-0.1, -0.05) is 32.4 Å². The molecule has 5 rings (SSSR count). The average Bonchev–Trinajstić information content (AvgIpc) is 3.53. The van der Waals surface area contributed by atoms with Gasteiger partial charge in [0.2, 0.25) is 11.7 Å². The van der Waals surface area contributed by atoms with E-state index in [1.165, 1.54) is 32.1 Å². The number of aromatic nitrogens is 2. The van der Waals surface area contributed by atoms with Crippen molar-refractivity contribution in [2.45, 2.75) is 70.8 Å². The predicted molar refractivity (Wildman–Crippen MR) is 145 cm³/mol. The third kappa shape index (κ3) is 5.65. The van der Waals surface area contributed by atoms with E-state index >= 15 is 0 Å². The minimum Gasteiger partial charge on any atom is -0.447 e. The Morgan fingerprint density at radius 2 is 1.76 bits per heavy atom. The van der Waals surface area contributed by atoms with Crippen LogP contribution in [-0.2, 0) is 10.2 Å². The summed E-state index contributed by atoms with van der Waals surface area (Å²) in [7, 11) is 0. The molecule has 1 saturated carbocycles. The highest BCUT2D eigenvalue weighted by Gasteiger charge is 2.32. The number of fused-ring (bicyclic) bond motifs is 1. The monoisotopic (exact) mass is 523 g/mol. The van der Waals surface area contributed by atoms with Crippen molar-refractivity contribution in [3.05, 3.63) is 46.9 Å². The lowest BCUT2D eigenvalue weighted by atomic mass is 9.85. The van der Waals surface area contributed by atoms with Crippen LogP contribution in [0, 0.1) is 5.92 Å². The molecule has 0 spiro atoms. The van der Waals surface area contributed by atoms with Gasteiger partial charge in [-0.25, -0.2) is 9.97 Å². The van der Waals surface area contributed by atoms with E-state index in [0.717, 1.165) is 31.4 Å². The highest BCUT2D eigenvalue weighted by molar-refractivity contribution is 6.30. The molecule has 0 aromatic carbocycles. The van der Waals surface area contributed by atoms with Gasteiger partial charge in [0.05, 0.1) is 5.02 Å². The van der Waals surface area contributed by atoms with E-state index in [2.05, 4.69) is 41.3 Å². The third-order valence-corrected chi connectivity index (χ3v) is 7.67. The second-order valence-electron chi connectivity index (χ2n) is 11.2. The Morgan fingerprint density at radius 3 is 2.41 bits per heavy atom. The maximum atomic E-state index is 13.4. The second-order valence-corrected chi connectivity index (χ2v) is 11.6. The summed E-state index contributed by atoms with van der Waals surface area (Å²) in [4.78, 5) is 38.2. The fourth-order valence-electron chi connectivity index (χ4n) is 5.33. The van der Waals surface area contributed by atoms with Gasteiger partial charge in [0.15, 0.2) is 5.58 Å². The molecular weight excluding hydrogens is 490 g/mol. The predicted octanol–water partition coefficient (Wildman–Crippen LogP) is 6.02. The molecule has 8 nitrogen and oxygen atoms in total. The van der Waals surface area contributed by atoms with Crippen molar-refractivity contribution in [2.24, 2.45) is 5.92 Å². The van der Waals surface area contributed by atoms with Crippen LogP contribution in [0.25, 0.3) is 11.1 Å². The molecule has 9 heteroatoms. The zero-order chi connectivity index (χ0) is 26.2. The summed E-state index contributed by atoms with van der Waals surface area (Å²) in [5.74, 6) is -0.383. The average molecular weight is 524 g/mol. The number of amides is 2. The van der Waals surface area contributed by atoms with Gasteiger partial charge in [-0.2, -0.15) is 0 Å². The smallest absolute Gasteiger partial charge is 0.294 e. The number of carbonyl (C=O) groups excluding carboxylic acids is 2. The molecule has 1 saturated heterocycles. The van der Waals surface area contributed by atoms with Crippen molar-refractivity contribution in [1.29, 1.82) is 0 Å². The summed E-state index contributed by atoms with van der Waals surface area (Å²) in [6, 6.07) is 7.51. The first-order valence-electron chi connectivity index (χ1n) is 13.1. The molecule has 2 amide bonds. The van der Waals surface area contributed by atoms with E-state index in [-0.39, 0.29) is 23.0 Å². The van der Waals surface area contributed by atoms with Crippen molar-refractivity contribution >= 4 is 46.0 Å². The lowest BCUT2D eigenvalue weighted by Gasteiger charge is -2.33. The molecule has 1 aliphatic carbocycles. The van der Waals surface area contributed by atoms with Crippen LogP contribution in [-0.4, -0.2) is 45.8 Å². The zero-order valence-corrected chi connectivity index (χ0v) is 22.4. The van der Waals surface area contributed by atoms with Gasteiger partial charge in [0, 0.05) is 29.3 Å². The fraction of sp³-hybridized carbons (Fsp3) is 0.500. The molecule has 196 valence electrons. The number of anilines is 2. The van der Waals surface area contributed by atoms with Gasteiger partial charge < -0.3 is 20.0 Å². The van der Waals surface area contributed by atoms with Gasteiger partial charge >= 0.3 is 0 Å². The zero-order valence-electron chi connectivity index (χ0n) is 21.6. The van der Waals surface area contributed by atoms with E-state index in [0.29, 0.717) is 33.7 Å². The number of nitrogens with one attached hydrogen (secondary N) is 2. The summed E-state index contributed by atoms with van der Waals surface area (Å²) in [5.41, 5.74) is 1.85. The Balaban J connectivity index is 1.40. The molecule has 0 bridgehead atoms. The number of halogens is 1. The summed E-state index contributed by atoms with van der Waals surface area (Å²) in [6.07, 6.45) is 7.70. The van der Waals surface area contributed by atoms with Gasteiger partial charge in [0.25, 0.3) is 5.91 Å². The number of carbonyl (C=O) groups is 2. The molecule has 0 unspecified atom stereocenters. The quantitative estimate of drug-likeness (QED) is 0.424. The van der Waals surface area contributed by atoms with Crippen molar-refractivity contribution < 1.29 is 14.0 Å². The lowest BCUT2D eigenvalue weighted by molar-refractivity contribution is -0.121. The number of pyridine rings is 2. The van der Waals surface area contributed by atoms with Crippen LogP contribution >= 0.6 is 11.6 Å². The summed E-state index contributed by atoms with van der Waals surface area (Å²) in [5, 5.41) is 6.23. The Hall–Kier alpha value is -2.97. The number of furan rings is 1. The maximum absolute atomic E-state index is 13.4. The molecule has 1 aliphatic heterocycles. The molecule has 2 fully saturated rings. The fourth-order valence-corrected chi connectivity index (χ4v) is 5.44.